The van der Waals surface area contributed by atoms with Crippen molar-refractivity contribution in [2.45, 2.75) is 26.2 Å². The highest BCUT2D eigenvalue weighted by atomic mass is 35.5. The Morgan fingerprint density at radius 3 is 2.60 bits per heavy atom. The molecule has 0 aromatic heterocycles. The molecule has 1 atom stereocenters. The van der Waals surface area contributed by atoms with Crippen molar-refractivity contribution in [3.63, 3.8) is 0 Å². The summed E-state index contributed by atoms with van der Waals surface area (Å²) in [6.07, 6.45) is 1.16. The topological polar surface area (TPSA) is 3.24 Å². The molecule has 0 heterocycles. The zero-order valence-electron chi connectivity index (χ0n) is 9.83. The third-order valence-corrected chi connectivity index (χ3v) is 3.12. The van der Waals surface area contributed by atoms with Crippen LogP contribution in [0.2, 0.25) is 5.02 Å². The van der Waals surface area contributed by atoms with Gasteiger partial charge in [-0.1, -0.05) is 37.6 Å². The van der Waals surface area contributed by atoms with E-state index >= 15 is 0 Å². The Labute approximate surface area is 98.0 Å². The first-order chi connectivity index (χ1) is 7.17. The monoisotopic (exact) mass is 225 g/mol. The molecule has 1 unspecified atom stereocenters. The SMILES string of the molecule is CCC(CN(C)CC)c1cccc(Cl)c1. The molecule has 1 aromatic rings. The molecule has 1 rings (SSSR count). The molecule has 0 aliphatic heterocycles. The van der Waals surface area contributed by atoms with Gasteiger partial charge in [-0.3, -0.25) is 0 Å². The van der Waals surface area contributed by atoms with E-state index in [1.54, 1.807) is 0 Å². The van der Waals surface area contributed by atoms with Crippen molar-refractivity contribution in [2.24, 2.45) is 0 Å². The molecule has 0 bridgehead atoms. The first kappa shape index (κ1) is 12.5. The Morgan fingerprint density at radius 1 is 1.33 bits per heavy atom. The van der Waals surface area contributed by atoms with E-state index in [0.717, 1.165) is 24.5 Å². The van der Waals surface area contributed by atoms with Crippen LogP contribution in [-0.4, -0.2) is 25.0 Å². The maximum atomic E-state index is 6.00. The van der Waals surface area contributed by atoms with Gasteiger partial charge in [0.05, 0.1) is 0 Å². The van der Waals surface area contributed by atoms with E-state index in [1.807, 2.05) is 12.1 Å². The van der Waals surface area contributed by atoms with E-state index in [9.17, 15) is 0 Å². The summed E-state index contributed by atoms with van der Waals surface area (Å²) in [5.74, 6) is 0.591. The second-order valence-corrected chi connectivity index (χ2v) is 4.45. The van der Waals surface area contributed by atoms with Crippen LogP contribution in [0.5, 0.6) is 0 Å². The Morgan fingerprint density at radius 2 is 2.07 bits per heavy atom. The molecule has 0 radical (unpaired) electrons. The van der Waals surface area contributed by atoms with Crippen LogP contribution in [0.3, 0.4) is 0 Å². The van der Waals surface area contributed by atoms with Crippen molar-refractivity contribution in [2.75, 3.05) is 20.1 Å². The third kappa shape index (κ3) is 3.84. The zero-order chi connectivity index (χ0) is 11.3. The van der Waals surface area contributed by atoms with Gasteiger partial charge in [0, 0.05) is 11.6 Å². The molecule has 0 saturated heterocycles. The summed E-state index contributed by atoms with van der Waals surface area (Å²) in [6, 6.07) is 8.22. The van der Waals surface area contributed by atoms with Gasteiger partial charge in [-0.15, -0.1) is 0 Å². The minimum atomic E-state index is 0.591. The summed E-state index contributed by atoms with van der Waals surface area (Å²) in [4.78, 5) is 2.34. The maximum Gasteiger partial charge on any atom is 0.0408 e. The highest BCUT2D eigenvalue weighted by Crippen LogP contribution is 2.23. The van der Waals surface area contributed by atoms with Gasteiger partial charge < -0.3 is 4.90 Å². The summed E-state index contributed by atoms with van der Waals surface area (Å²) in [7, 11) is 2.16. The predicted octanol–water partition coefficient (Wildman–Crippen LogP) is 3.79. The van der Waals surface area contributed by atoms with Crippen LogP contribution in [0.15, 0.2) is 24.3 Å². The quantitative estimate of drug-likeness (QED) is 0.737. The number of hydrogen-bond acceptors (Lipinski definition) is 1. The molecule has 2 heteroatoms. The molecule has 0 spiro atoms. The smallest absolute Gasteiger partial charge is 0.0408 e. The van der Waals surface area contributed by atoms with Crippen LogP contribution >= 0.6 is 11.6 Å². The zero-order valence-corrected chi connectivity index (χ0v) is 10.6. The van der Waals surface area contributed by atoms with Gasteiger partial charge >= 0.3 is 0 Å². The second kappa shape index (κ2) is 6.14. The summed E-state index contributed by atoms with van der Waals surface area (Å²) in [5, 5.41) is 0.838. The number of benzene rings is 1. The lowest BCUT2D eigenvalue weighted by Gasteiger charge is -2.22. The van der Waals surface area contributed by atoms with E-state index in [2.05, 4.69) is 37.9 Å². The molecule has 0 aliphatic carbocycles. The minimum Gasteiger partial charge on any atom is -0.306 e. The van der Waals surface area contributed by atoms with Crippen LogP contribution in [0.4, 0.5) is 0 Å². The Kier molecular flexibility index (Phi) is 5.13. The lowest BCUT2D eigenvalue weighted by Crippen LogP contribution is -2.24. The molecule has 0 amide bonds. The molecule has 1 nitrogen and oxygen atoms in total. The number of likely N-dealkylation sites (N-methyl/N-ethyl adjacent to an activating group) is 1. The normalized spacial score (nSPS) is 13.1. The van der Waals surface area contributed by atoms with Crippen LogP contribution < -0.4 is 0 Å². The van der Waals surface area contributed by atoms with E-state index in [0.29, 0.717) is 5.92 Å². The van der Waals surface area contributed by atoms with Crippen molar-refractivity contribution in [1.29, 1.82) is 0 Å². The third-order valence-electron chi connectivity index (χ3n) is 2.88. The lowest BCUT2D eigenvalue weighted by atomic mass is 9.96. The van der Waals surface area contributed by atoms with E-state index < -0.39 is 0 Å². The van der Waals surface area contributed by atoms with Crippen LogP contribution in [0, 0.1) is 0 Å². The van der Waals surface area contributed by atoms with Crippen molar-refractivity contribution in [3.8, 4) is 0 Å². The van der Waals surface area contributed by atoms with Gasteiger partial charge in [0.25, 0.3) is 0 Å². The van der Waals surface area contributed by atoms with Gasteiger partial charge in [-0.05, 0) is 43.6 Å². The Balaban J connectivity index is 2.73. The maximum absolute atomic E-state index is 6.00. The molecule has 15 heavy (non-hydrogen) atoms. The van der Waals surface area contributed by atoms with Gasteiger partial charge in [0.1, 0.15) is 0 Å². The van der Waals surface area contributed by atoms with Gasteiger partial charge in [0.15, 0.2) is 0 Å². The van der Waals surface area contributed by atoms with Crippen molar-refractivity contribution >= 4 is 11.6 Å². The van der Waals surface area contributed by atoms with Crippen LogP contribution in [0.25, 0.3) is 0 Å². The minimum absolute atomic E-state index is 0.591. The van der Waals surface area contributed by atoms with Gasteiger partial charge in [-0.25, -0.2) is 0 Å². The number of hydrogen-bond donors (Lipinski definition) is 0. The summed E-state index contributed by atoms with van der Waals surface area (Å²) >= 11 is 6.00. The Hall–Kier alpha value is -0.530. The largest absolute Gasteiger partial charge is 0.306 e. The molecule has 0 N–H and O–H groups in total. The summed E-state index contributed by atoms with van der Waals surface area (Å²) < 4.78 is 0. The second-order valence-electron chi connectivity index (χ2n) is 4.02. The Bertz CT molecular complexity index is 298. The van der Waals surface area contributed by atoms with E-state index in [1.165, 1.54) is 5.56 Å². The van der Waals surface area contributed by atoms with Crippen LogP contribution in [-0.2, 0) is 0 Å². The van der Waals surface area contributed by atoms with Crippen molar-refractivity contribution in [1.82, 2.24) is 4.90 Å². The fourth-order valence-corrected chi connectivity index (χ4v) is 1.93. The first-order valence-corrected chi connectivity index (χ1v) is 5.99. The van der Waals surface area contributed by atoms with E-state index in [-0.39, 0.29) is 0 Å². The number of nitrogens with zero attached hydrogens (tertiary/aromatic N) is 1. The molecular weight excluding hydrogens is 206 g/mol. The fourth-order valence-electron chi connectivity index (χ4n) is 1.74. The molecule has 0 aliphatic rings. The average Bonchev–Trinajstić information content (AvgIpc) is 2.25. The molecule has 0 fully saturated rings. The summed E-state index contributed by atoms with van der Waals surface area (Å²) in [6.45, 7) is 6.62. The van der Waals surface area contributed by atoms with Crippen molar-refractivity contribution < 1.29 is 0 Å². The lowest BCUT2D eigenvalue weighted by molar-refractivity contribution is 0.323. The predicted molar refractivity (Wildman–Crippen MR) is 67.7 cm³/mol. The fraction of sp³-hybridized carbons (Fsp3) is 0.538. The van der Waals surface area contributed by atoms with E-state index in [4.69, 9.17) is 11.6 Å². The molecule has 1 aromatic carbocycles. The molecule has 84 valence electrons. The van der Waals surface area contributed by atoms with Gasteiger partial charge in [-0.2, -0.15) is 0 Å². The molecular formula is C13H20ClN. The van der Waals surface area contributed by atoms with Crippen LogP contribution in [0.1, 0.15) is 31.7 Å². The highest BCUT2D eigenvalue weighted by Gasteiger charge is 2.11. The summed E-state index contributed by atoms with van der Waals surface area (Å²) in [5.41, 5.74) is 1.35. The average molecular weight is 226 g/mol. The number of rotatable bonds is 5. The standard InChI is InChI=1S/C13H20ClN/c1-4-11(10-15(3)5-2)12-7-6-8-13(14)9-12/h6-9,11H,4-5,10H2,1-3H3. The highest BCUT2D eigenvalue weighted by molar-refractivity contribution is 6.30. The van der Waals surface area contributed by atoms with Crippen molar-refractivity contribution in [3.05, 3.63) is 34.9 Å². The first-order valence-electron chi connectivity index (χ1n) is 5.61. The van der Waals surface area contributed by atoms with Gasteiger partial charge in [0.2, 0.25) is 0 Å². The number of halogens is 1. The molecule has 0 saturated carbocycles.